The van der Waals surface area contributed by atoms with Crippen molar-refractivity contribution in [2.75, 3.05) is 0 Å². The fraction of sp³-hybridized carbons (Fsp3) is 0.818. The average Bonchev–Trinajstić information content (AvgIpc) is 1.82. The smallest absolute Gasteiger partial charge is 0.143 e. The first kappa shape index (κ1) is 12.3. The van der Waals surface area contributed by atoms with Gasteiger partial charge >= 0.3 is 0 Å². The van der Waals surface area contributed by atoms with Gasteiger partial charge in [-0.15, -0.1) is 0 Å². The lowest BCUT2D eigenvalue weighted by molar-refractivity contribution is -0.145. The van der Waals surface area contributed by atoms with Crippen LogP contribution in [0.2, 0.25) is 0 Å². The van der Waals surface area contributed by atoms with Crippen LogP contribution in [-0.4, -0.2) is 11.6 Å². The molecule has 0 saturated heterocycles. The van der Waals surface area contributed by atoms with Gasteiger partial charge in [-0.3, -0.25) is 9.59 Å². The number of hydrogen-bond donors (Lipinski definition) is 0. The molecule has 0 atom stereocenters. The van der Waals surface area contributed by atoms with Crippen molar-refractivity contribution in [3.8, 4) is 0 Å². The van der Waals surface area contributed by atoms with Crippen LogP contribution in [0.25, 0.3) is 0 Å². The summed E-state index contributed by atoms with van der Waals surface area (Å²) in [5.41, 5.74) is -0.778. The second kappa shape index (κ2) is 4.03. The summed E-state index contributed by atoms with van der Waals surface area (Å²) in [6, 6.07) is 0. The van der Waals surface area contributed by atoms with Crippen LogP contribution in [0.5, 0.6) is 0 Å². The van der Waals surface area contributed by atoms with Crippen molar-refractivity contribution in [3.05, 3.63) is 0 Å². The van der Waals surface area contributed by atoms with E-state index in [-0.39, 0.29) is 23.4 Å². The number of Topliss-reactive ketones (excluding diaryl/α,β-unsaturated/α-hetero) is 2. The summed E-state index contributed by atoms with van der Waals surface area (Å²) in [6.07, 6.45) is 0. The molecule has 2 nitrogen and oxygen atoms in total. The quantitative estimate of drug-likeness (QED) is 0.629. The molecule has 0 aliphatic rings. The molecule has 0 fully saturated rings. The van der Waals surface area contributed by atoms with Gasteiger partial charge in [0.05, 0.1) is 5.41 Å². The molecule has 13 heavy (non-hydrogen) atoms. The second-order valence-corrected chi connectivity index (χ2v) is 4.29. The lowest BCUT2D eigenvalue weighted by atomic mass is 9.64. The third-order valence-corrected chi connectivity index (χ3v) is 2.99. The Morgan fingerprint density at radius 2 is 1.08 bits per heavy atom. The van der Waals surface area contributed by atoms with Gasteiger partial charge in [-0.1, -0.05) is 27.7 Å². The molecule has 0 spiro atoms. The van der Waals surface area contributed by atoms with Crippen LogP contribution in [0.15, 0.2) is 0 Å². The lowest BCUT2D eigenvalue weighted by Gasteiger charge is -2.36. The van der Waals surface area contributed by atoms with Gasteiger partial charge in [0.15, 0.2) is 0 Å². The zero-order valence-corrected chi connectivity index (χ0v) is 9.47. The Morgan fingerprint density at radius 3 is 1.08 bits per heavy atom. The SMILES string of the molecule is CC(=O)C(C(C)=O)(C(C)C)C(C)C. The minimum absolute atomic E-state index is 0.00926. The van der Waals surface area contributed by atoms with Gasteiger partial charge in [0.2, 0.25) is 0 Å². The molecule has 0 amide bonds. The number of hydrogen-bond acceptors (Lipinski definition) is 2. The monoisotopic (exact) mass is 184 g/mol. The maximum absolute atomic E-state index is 11.6. The highest BCUT2D eigenvalue weighted by molar-refractivity contribution is 6.05. The van der Waals surface area contributed by atoms with Gasteiger partial charge in [-0.05, 0) is 25.7 Å². The first-order valence-corrected chi connectivity index (χ1v) is 4.79. The summed E-state index contributed by atoms with van der Waals surface area (Å²) in [6.45, 7) is 10.8. The van der Waals surface area contributed by atoms with Crippen LogP contribution in [0.4, 0.5) is 0 Å². The lowest BCUT2D eigenvalue weighted by Crippen LogP contribution is -2.45. The molecule has 0 saturated carbocycles. The van der Waals surface area contributed by atoms with Crippen LogP contribution in [0.3, 0.4) is 0 Å². The first-order chi connectivity index (χ1) is 5.77. The first-order valence-electron chi connectivity index (χ1n) is 4.79. The van der Waals surface area contributed by atoms with Crippen molar-refractivity contribution in [1.82, 2.24) is 0 Å². The molecule has 0 aliphatic heterocycles. The van der Waals surface area contributed by atoms with Crippen LogP contribution in [0, 0.1) is 17.3 Å². The van der Waals surface area contributed by atoms with Crippen molar-refractivity contribution in [3.63, 3.8) is 0 Å². The highest BCUT2D eigenvalue weighted by Crippen LogP contribution is 2.37. The molecule has 2 heteroatoms. The van der Waals surface area contributed by atoms with E-state index in [1.807, 2.05) is 27.7 Å². The molecule has 0 aliphatic carbocycles. The Bertz CT molecular complexity index is 190. The topological polar surface area (TPSA) is 34.1 Å². The van der Waals surface area contributed by atoms with Crippen molar-refractivity contribution in [2.24, 2.45) is 17.3 Å². The van der Waals surface area contributed by atoms with E-state index in [9.17, 15) is 9.59 Å². The van der Waals surface area contributed by atoms with E-state index in [1.54, 1.807) is 0 Å². The molecule has 0 bridgehead atoms. The highest BCUT2D eigenvalue weighted by atomic mass is 16.2. The van der Waals surface area contributed by atoms with Crippen LogP contribution in [0.1, 0.15) is 41.5 Å². The van der Waals surface area contributed by atoms with Gasteiger partial charge in [0, 0.05) is 0 Å². The van der Waals surface area contributed by atoms with E-state index < -0.39 is 5.41 Å². The Labute approximate surface area is 80.7 Å². The molecule has 0 aromatic rings. The largest absolute Gasteiger partial charge is 0.299 e. The third-order valence-electron chi connectivity index (χ3n) is 2.99. The van der Waals surface area contributed by atoms with E-state index >= 15 is 0 Å². The predicted molar refractivity (Wildman–Crippen MR) is 53.5 cm³/mol. The number of rotatable bonds is 4. The average molecular weight is 184 g/mol. The van der Waals surface area contributed by atoms with Crippen molar-refractivity contribution >= 4 is 11.6 Å². The van der Waals surface area contributed by atoms with Gasteiger partial charge in [0.25, 0.3) is 0 Å². The van der Waals surface area contributed by atoms with Gasteiger partial charge < -0.3 is 0 Å². The van der Waals surface area contributed by atoms with E-state index in [0.717, 1.165) is 0 Å². The van der Waals surface area contributed by atoms with Gasteiger partial charge in [0.1, 0.15) is 11.6 Å². The third kappa shape index (κ3) is 1.82. The maximum Gasteiger partial charge on any atom is 0.143 e. The Hall–Kier alpha value is -0.660. The van der Waals surface area contributed by atoms with Gasteiger partial charge in [-0.2, -0.15) is 0 Å². The normalized spacial score (nSPS) is 12.3. The summed E-state index contributed by atoms with van der Waals surface area (Å²) in [7, 11) is 0. The molecule has 0 rings (SSSR count). The maximum atomic E-state index is 11.6. The zero-order chi connectivity index (χ0) is 10.8. The molecular weight excluding hydrogens is 164 g/mol. The summed E-state index contributed by atoms with van der Waals surface area (Å²) >= 11 is 0. The Morgan fingerprint density at radius 1 is 0.846 bits per heavy atom. The minimum Gasteiger partial charge on any atom is -0.299 e. The van der Waals surface area contributed by atoms with Crippen molar-refractivity contribution < 1.29 is 9.59 Å². The molecule has 0 unspecified atom stereocenters. The summed E-state index contributed by atoms with van der Waals surface area (Å²) in [5.74, 6) is 0.125. The molecule has 0 aromatic carbocycles. The number of carbonyl (C=O) groups is 2. The minimum atomic E-state index is -0.778. The number of ketones is 2. The summed E-state index contributed by atoms with van der Waals surface area (Å²) in [5, 5.41) is 0. The van der Waals surface area contributed by atoms with E-state index in [2.05, 4.69) is 0 Å². The molecular formula is C11H20O2. The van der Waals surface area contributed by atoms with E-state index in [1.165, 1.54) is 13.8 Å². The van der Waals surface area contributed by atoms with Crippen LogP contribution >= 0.6 is 0 Å². The Balaban J connectivity index is 5.32. The fourth-order valence-electron chi connectivity index (χ4n) is 2.54. The summed E-state index contributed by atoms with van der Waals surface area (Å²) < 4.78 is 0. The number of carbonyl (C=O) groups excluding carboxylic acids is 2. The molecule has 0 N–H and O–H groups in total. The second-order valence-electron chi connectivity index (χ2n) is 4.29. The molecule has 0 heterocycles. The molecule has 0 aromatic heterocycles. The van der Waals surface area contributed by atoms with Crippen LogP contribution in [-0.2, 0) is 9.59 Å². The van der Waals surface area contributed by atoms with Crippen molar-refractivity contribution in [1.29, 1.82) is 0 Å². The Kier molecular flexibility index (Phi) is 3.83. The summed E-state index contributed by atoms with van der Waals surface area (Å²) in [4.78, 5) is 23.1. The van der Waals surface area contributed by atoms with E-state index in [0.29, 0.717) is 0 Å². The fourth-order valence-corrected chi connectivity index (χ4v) is 2.54. The molecule has 76 valence electrons. The highest BCUT2D eigenvalue weighted by Gasteiger charge is 2.45. The predicted octanol–water partition coefficient (Wildman–Crippen LogP) is 2.46. The molecule has 0 radical (unpaired) electrons. The van der Waals surface area contributed by atoms with Crippen LogP contribution < -0.4 is 0 Å². The standard InChI is InChI=1S/C11H20O2/c1-7(2)11(8(3)4,9(5)12)10(6)13/h7-8H,1-6H3. The zero-order valence-electron chi connectivity index (χ0n) is 9.47. The van der Waals surface area contributed by atoms with Gasteiger partial charge in [-0.25, -0.2) is 0 Å². The van der Waals surface area contributed by atoms with E-state index in [4.69, 9.17) is 0 Å². The van der Waals surface area contributed by atoms with Crippen molar-refractivity contribution in [2.45, 2.75) is 41.5 Å².